The molecule has 1 aliphatic heterocycles. The average Bonchev–Trinajstić information content (AvgIpc) is 3.20. The first-order valence-electron chi connectivity index (χ1n) is 13.0. The van der Waals surface area contributed by atoms with E-state index in [-0.39, 0.29) is 17.9 Å². The van der Waals surface area contributed by atoms with Crippen molar-refractivity contribution in [3.63, 3.8) is 0 Å². The summed E-state index contributed by atoms with van der Waals surface area (Å²) in [7, 11) is 0. The highest BCUT2D eigenvalue weighted by molar-refractivity contribution is 8.26. The van der Waals surface area contributed by atoms with E-state index >= 15 is 0 Å². The molecule has 0 bridgehead atoms. The minimum atomic E-state index is -0.926. The lowest BCUT2D eigenvalue weighted by atomic mass is 9.87. The van der Waals surface area contributed by atoms with Crippen LogP contribution in [0.15, 0.2) is 83.8 Å². The average molecular weight is 560 g/mol. The predicted octanol–water partition coefficient (Wildman–Crippen LogP) is 7.46. The van der Waals surface area contributed by atoms with Crippen LogP contribution in [0.1, 0.15) is 62.4 Å². The Morgan fingerprint density at radius 1 is 1.00 bits per heavy atom. The second kappa shape index (κ2) is 12.6. The fourth-order valence-corrected chi connectivity index (χ4v) is 5.40. The van der Waals surface area contributed by atoms with Crippen molar-refractivity contribution in [2.24, 2.45) is 0 Å². The fraction of sp³-hybridized carbons (Fsp3) is 0.281. The minimum absolute atomic E-state index is 0.115. The zero-order chi connectivity index (χ0) is 28.0. The van der Waals surface area contributed by atoms with E-state index in [0.29, 0.717) is 27.8 Å². The molecule has 0 spiro atoms. The molecule has 39 heavy (non-hydrogen) atoms. The van der Waals surface area contributed by atoms with Crippen molar-refractivity contribution in [1.82, 2.24) is 4.90 Å². The van der Waals surface area contributed by atoms with Crippen LogP contribution in [0.5, 0.6) is 5.75 Å². The third-order valence-electron chi connectivity index (χ3n) is 6.27. The molecule has 4 rings (SSSR count). The van der Waals surface area contributed by atoms with Gasteiger partial charge in [0.2, 0.25) is 0 Å². The van der Waals surface area contributed by atoms with Crippen molar-refractivity contribution in [1.29, 1.82) is 0 Å². The summed E-state index contributed by atoms with van der Waals surface area (Å²) in [6.07, 6.45) is 2.47. The molecule has 0 radical (unpaired) electrons. The summed E-state index contributed by atoms with van der Waals surface area (Å²) in [5.41, 5.74) is 3.99. The summed E-state index contributed by atoms with van der Waals surface area (Å²) in [6, 6.07) is 24.2. The van der Waals surface area contributed by atoms with E-state index in [1.807, 2.05) is 49.4 Å². The Bertz CT molecular complexity index is 1340. The van der Waals surface area contributed by atoms with Gasteiger partial charge in [-0.05, 0) is 52.3 Å². The summed E-state index contributed by atoms with van der Waals surface area (Å²) in [5.74, 6) is -0.0658. The van der Waals surface area contributed by atoms with Crippen LogP contribution in [-0.4, -0.2) is 27.7 Å². The monoisotopic (exact) mass is 559 g/mol. The van der Waals surface area contributed by atoms with Gasteiger partial charge in [-0.3, -0.25) is 9.69 Å². The van der Waals surface area contributed by atoms with Crippen LogP contribution in [0.25, 0.3) is 6.08 Å². The SMILES string of the molecule is CCCOC(=O)C(c1ccccc1)N1C(=O)/C(=C\c2ccc(OCc3ccc(C(C)(C)C)cc3)cc2)SC1=S. The van der Waals surface area contributed by atoms with Crippen LogP contribution < -0.4 is 4.74 Å². The Morgan fingerprint density at radius 2 is 1.67 bits per heavy atom. The van der Waals surface area contributed by atoms with Crippen LogP contribution >= 0.6 is 24.0 Å². The van der Waals surface area contributed by atoms with E-state index in [4.69, 9.17) is 21.7 Å². The van der Waals surface area contributed by atoms with E-state index in [0.717, 1.165) is 16.9 Å². The molecule has 0 aromatic heterocycles. The maximum atomic E-state index is 13.4. The summed E-state index contributed by atoms with van der Waals surface area (Å²) in [5, 5.41) is 0. The van der Waals surface area contributed by atoms with Gasteiger partial charge in [0, 0.05) is 0 Å². The minimum Gasteiger partial charge on any atom is -0.489 e. The zero-order valence-electron chi connectivity index (χ0n) is 22.7. The highest BCUT2D eigenvalue weighted by Gasteiger charge is 2.42. The number of amides is 1. The van der Waals surface area contributed by atoms with Crippen molar-refractivity contribution < 1.29 is 19.1 Å². The van der Waals surface area contributed by atoms with Gasteiger partial charge in [-0.1, -0.05) is 118 Å². The molecule has 3 aromatic rings. The Morgan fingerprint density at radius 3 is 2.28 bits per heavy atom. The third-order valence-corrected chi connectivity index (χ3v) is 7.60. The quantitative estimate of drug-likeness (QED) is 0.154. The van der Waals surface area contributed by atoms with Crippen molar-refractivity contribution in [2.75, 3.05) is 6.61 Å². The number of thioether (sulfide) groups is 1. The summed E-state index contributed by atoms with van der Waals surface area (Å²) < 4.78 is 11.7. The lowest BCUT2D eigenvalue weighted by Crippen LogP contribution is -2.38. The number of benzene rings is 3. The third kappa shape index (κ3) is 7.16. The van der Waals surface area contributed by atoms with Gasteiger partial charge < -0.3 is 9.47 Å². The number of carbonyl (C=O) groups is 2. The molecule has 1 atom stereocenters. The van der Waals surface area contributed by atoms with Gasteiger partial charge in [-0.25, -0.2) is 4.79 Å². The van der Waals surface area contributed by atoms with E-state index in [9.17, 15) is 9.59 Å². The topological polar surface area (TPSA) is 55.8 Å². The summed E-state index contributed by atoms with van der Waals surface area (Å²) in [6.45, 7) is 9.26. The Kier molecular flexibility index (Phi) is 9.25. The number of esters is 1. The molecule has 0 aliphatic carbocycles. The number of hydrogen-bond donors (Lipinski definition) is 0. The highest BCUT2D eigenvalue weighted by Crippen LogP contribution is 2.39. The van der Waals surface area contributed by atoms with Crippen LogP contribution in [0.4, 0.5) is 0 Å². The van der Waals surface area contributed by atoms with Crippen molar-refractivity contribution in [3.8, 4) is 5.75 Å². The standard InChI is InChI=1S/C32H33NO4S2/c1-5-19-36-30(35)28(24-9-7-6-8-10-24)33-29(34)27(39-31(33)38)20-22-13-17-26(18-14-22)37-21-23-11-15-25(16-12-23)32(2,3)4/h6-18,20,28H,5,19,21H2,1-4H3/b27-20+. The molecule has 7 heteroatoms. The first-order chi connectivity index (χ1) is 18.7. The van der Waals surface area contributed by atoms with Gasteiger partial charge in [-0.2, -0.15) is 0 Å². The number of nitrogens with zero attached hydrogens (tertiary/aromatic N) is 1. The van der Waals surface area contributed by atoms with Crippen LogP contribution in [-0.2, 0) is 26.3 Å². The molecule has 1 unspecified atom stereocenters. The number of rotatable bonds is 9. The lowest BCUT2D eigenvalue weighted by Gasteiger charge is -2.25. The molecule has 3 aromatic carbocycles. The van der Waals surface area contributed by atoms with Crippen molar-refractivity contribution >= 4 is 46.3 Å². The molecule has 202 valence electrons. The Balaban J connectivity index is 1.45. The van der Waals surface area contributed by atoms with Gasteiger partial charge in [0.05, 0.1) is 11.5 Å². The first kappa shape index (κ1) is 28.6. The van der Waals surface area contributed by atoms with Gasteiger partial charge in [0.25, 0.3) is 5.91 Å². The van der Waals surface area contributed by atoms with Crippen LogP contribution in [0, 0.1) is 0 Å². The fourth-order valence-electron chi connectivity index (χ4n) is 4.09. The predicted molar refractivity (Wildman–Crippen MR) is 161 cm³/mol. The van der Waals surface area contributed by atoms with Crippen LogP contribution in [0.2, 0.25) is 0 Å². The number of ether oxygens (including phenoxy) is 2. The molecule has 1 aliphatic rings. The van der Waals surface area contributed by atoms with E-state index in [2.05, 4.69) is 45.0 Å². The molecule has 0 N–H and O–H groups in total. The second-order valence-corrected chi connectivity index (χ2v) is 12.0. The molecule has 1 saturated heterocycles. The highest BCUT2D eigenvalue weighted by atomic mass is 32.2. The van der Waals surface area contributed by atoms with E-state index < -0.39 is 12.0 Å². The molecule has 1 heterocycles. The molecular formula is C32H33NO4S2. The summed E-state index contributed by atoms with van der Waals surface area (Å²) >= 11 is 6.73. The van der Waals surface area contributed by atoms with Crippen molar-refractivity contribution in [2.45, 2.75) is 52.2 Å². The molecule has 5 nitrogen and oxygen atoms in total. The number of carbonyl (C=O) groups excluding carboxylic acids is 2. The maximum absolute atomic E-state index is 13.4. The molecule has 1 amide bonds. The normalized spacial score (nSPS) is 15.5. The lowest BCUT2D eigenvalue weighted by molar-refractivity contribution is -0.151. The molecule has 1 fully saturated rings. The van der Waals surface area contributed by atoms with Gasteiger partial charge in [-0.15, -0.1) is 0 Å². The smallest absolute Gasteiger partial charge is 0.333 e. The first-order valence-corrected chi connectivity index (χ1v) is 14.2. The van der Waals surface area contributed by atoms with Gasteiger partial charge >= 0.3 is 5.97 Å². The largest absolute Gasteiger partial charge is 0.489 e. The van der Waals surface area contributed by atoms with E-state index in [1.54, 1.807) is 18.2 Å². The second-order valence-electron chi connectivity index (χ2n) is 10.3. The van der Waals surface area contributed by atoms with Gasteiger partial charge in [0.1, 0.15) is 16.7 Å². The Labute approximate surface area is 240 Å². The number of thiocarbonyl (C=S) groups is 1. The summed E-state index contributed by atoms with van der Waals surface area (Å²) in [4.78, 5) is 28.2. The molecular weight excluding hydrogens is 526 g/mol. The van der Waals surface area contributed by atoms with Crippen molar-refractivity contribution in [3.05, 3.63) is 106 Å². The van der Waals surface area contributed by atoms with E-state index in [1.165, 1.54) is 22.2 Å². The Hall–Kier alpha value is -3.42. The van der Waals surface area contributed by atoms with Crippen LogP contribution in [0.3, 0.4) is 0 Å². The molecule has 0 saturated carbocycles. The zero-order valence-corrected chi connectivity index (χ0v) is 24.3. The maximum Gasteiger partial charge on any atom is 0.333 e. The van der Waals surface area contributed by atoms with Gasteiger partial charge in [0.15, 0.2) is 6.04 Å². The number of hydrogen-bond acceptors (Lipinski definition) is 6.